The molecule has 3 aromatic heterocycles. The molecule has 4 aromatic rings. The van der Waals surface area contributed by atoms with Gasteiger partial charge in [-0.1, -0.05) is 23.7 Å². The van der Waals surface area contributed by atoms with Gasteiger partial charge in [0.05, 0.1) is 24.9 Å². The Labute approximate surface area is 167 Å². The van der Waals surface area contributed by atoms with Gasteiger partial charge in [0.1, 0.15) is 11.5 Å². The molecule has 0 spiro atoms. The van der Waals surface area contributed by atoms with Crippen molar-refractivity contribution in [2.24, 2.45) is 0 Å². The number of aromatic amines is 1. The van der Waals surface area contributed by atoms with Gasteiger partial charge in [-0.2, -0.15) is 0 Å². The van der Waals surface area contributed by atoms with E-state index in [0.29, 0.717) is 23.1 Å². The first-order chi connectivity index (χ1) is 13.7. The maximum atomic E-state index is 6.10. The highest BCUT2D eigenvalue weighted by Gasteiger charge is 2.10. The number of methoxy groups -OCH3 is 2. The van der Waals surface area contributed by atoms with Crippen molar-refractivity contribution in [3.05, 3.63) is 65.4 Å². The minimum absolute atomic E-state index is 0.594. The Bertz CT molecular complexity index is 1130. The van der Waals surface area contributed by atoms with Gasteiger partial charge in [0.2, 0.25) is 0 Å². The third-order valence-electron chi connectivity index (χ3n) is 4.44. The average molecular weight is 395 g/mol. The minimum Gasteiger partial charge on any atom is -0.493 e. The molecule has 1 aromatic carbocycles. The molecule has 142 valence electrons. The fraction of sp³-hybridized carbons (Fsp3) is 0.143. The largest absolute Gasteiger partial charge is 0.493 e. The zero-order valence-electron chi connectivity index (χ0n) is 15.5. The van der Waals surface area contributed by atoms with E-state index in [0.717, 1.165) is 33.7 Å². The summed E-state index contributed by atoms with van der Waals surface area (Å²) in [5, 5.41) is 4.89. The molecule has 0 amide bonds. The van der Waals surface area contributed by atoms with Gasteiger partial charge in [-0.3, -0.25) is 0 Å². The van der Waals surface area contributed by atoms with E-state index < -0.39 is 0 Å². The Hall–Kier alpha value is -3.25. The molecule has 0 saturated heterocycles. The van der Waals surface area contributed by atoms with E-state index in [9.17, 15) is 0 Å². The zero-order chi connectivity index (χ0) is 19.5. The summed E-state index contributed by atoms with van der Waals surface area (Å²) in [5.74, 6) is 2.18. The number of nitrogens with one attached hydrogen (secondary N) is 2. The molecule has 0 atom stereocenters. The number of hydrogen-bond donors (Lipinski definition) is 2. The summed E-state index contributed by atoms with van der Waals surface area (Å²) in [6.07, 6.45) is 3.52. The maximum Gasteiger partial charge on any atom is 0.161 e. The van der Waals surface area contributed by atoms with Crippen molar-refractivity contribution in [1.29, 1.82) is 0 Å². The van der Waals surface area contributed by atoms with Crippen LogP contribution in [0.25, 0.3) is 22.3 Å². The molecule has 6 nitrogen and oxygen atoms in total. The van der Waals surface area contributed by atoms with Crippen molar-refractivity contribution < 1.29 is 9.47 Å². The number of halogens is 1. The molecule has 0 saturated carbocycles. The van der Waals surface area contributed by atoms with Gasteiger partial charge in [-0.25, -0.2) is 9.97 Å². The molecule has 0 unspecified atom stereocenters. The Morgan fingerprint density at radius 2 is 1.93 bits per heavy atom. The van der Waals surface area contributed by atoms with E-state index in [-0.39, 0.29) is 0 Å². The molecule has 28 heavy (non-hydrogen) atoms. The molecular weight excluding hydrogens is 376 g/mol. The van der Waals surface area contributed by atoms with Gasteiger partial charge in [-0.05, 0) is 35.9 Å². The van der Waals surface area contributed by atoms with Crippen molar-refractivity contribution >= 4 is 28.5 Å². The van der Waals surface area contributed by atoms with Crippen LogP contribution in [0.4, 0.5) is 5.82 Å². The van der Waals surface area contributed by atoms with E-state index in [1.807, 2.05) is 48.7 Å². The van der Waals surface area contributed by atoms with Gasteiger partial charge in [0, 0.05) is 29.9 Å². The Morgan fingerprint density at radius 3 is 2.75 bits per heavy atom. The predicted octanol–water partition coefficient (Wildman–Crippen LogP) is 4.91. The molecule has 3 heterocycles. The molecule has 0 fully saturated rings. The highest BCUT2D eigenvalue weighted by atomic mass is 35.5. The first-order valence-electron chi connectivity index (χ1n) is 8.73. The van der Waals surface area contributed by atoms with E-state index in [1.165, 1.54) is 0 Å². The summed E-state index contributed by atoms with van der Waals surface area (Å²) in [5.41, 5.74) is 3.64. The van der Waals surface area contributed by atoms with Crippen LogP contribution in [0.2, 0.25) is 5.02 Å². The Balaban J connectivity index is 1.57. The van der Waals surface area contributed by atoms with Gasteiger partial charge < -0.3 is 19.8 Å². The van der Waals surface area contributed by atoms with Crippen LogP contribution in [0.15, 0.2) is 54.9 Å². The van der Waals surface area contributed by atoms with Crippen LogP contribution < -0.4 is 14.8 Å². The smallest absolute Gasteiger partial charge is 0.161 e. The Kier molecular flexibility index (Phi) is 5.04. The summed E-state index contributed by atoms with van der Waals surface area (Å²) in [4.78, 5) is 12.2. The fourth-order valence-electron chi connectivity index (χ4n) is 3.06. The third-order valence-corrected chi connectivity index (χ3v) is 4.65. The van der Waals surface area contributed by atoms with E-state index >= 15 is 0 Å². The van der Waals surface area contributed by atoms with Crippen molar-refractivity contribution in [2.75, 3.05) is 19.5 Å². The standard InChI is InChI=1S/C21H19ClN4O2/c1-27-18-7-6-13(8-19(18)28-2)10-23-20-5-3-4-17(26-20)16-12-25-21-15(16)9-14(22)11-24-21/h3-9,11-12H,10H2,1-2H3,(H,23,26)(H,24,25). The van der Waals surface area contributed by atoms with Crippen molar-refractivity contribution in [3.8, 4) is 22.8 Å². The van der Waals surface area contributed by atoms with Crippen LogP contribution in [0.1, 0.15) is 5.56 Å². The predicted molar refractivity (Wildman–Crippen MR) is 111 cm³/mol. The van der Waals surface area contributed by atoms with Gasteiger partial charge in [-0.15, -0.1) is 0 Å². The summed E-state index contributed by atoms with van der Waals surface area (Å²) >= 11 is 6.10. The quantitative estimate of drug-likeness (QED) is 0.486. The number of fused-ring (bicyclic) bond motifs is 1. The summed E-state index contributed by atoms with van der Waals surface area (Å²) in [6, 6.07) is 13.6. The molecular formula is C21H19ClN4O2. The monoisotopic (exact) mass is 394 g/mol. The van der Waals surface area contributed by atoms with Crippen molar-refractivity contribution in [3.63, 3.8) is 0 Å². The zero-order valence-corrected chi connectivity index (χ0v) is 16.2. The van der Waals surface area contributed by atoms with Gasteiger partial charge in [0.25, 0.3) is 0 Å². The summed E-state index contributed by atoms with van der Waals surface area (Å²) < 4.78 is 10.6. The topological polar surface area (TPSA) is 72.1 Å². The molecule has 2 N–H and O–H groups in total. The number of benzene rings is 1. The molecule has 0 radical (unpaired) electrons. The second-order valence-electron chi connectivity index (χ2n) is 6.20. The molecule has 7 heteroatoms. The number of rotatable bonds is 6. The highest BCUT2D eigenvalue weighted by molar-refractivity contribution is 6.31. The second kappa shape index (κ2) is 7.78. The molecule has 0 bridgehead atoms. The van der Waals surface area contributed by atoms with Crippen molar-refractivity contribution in [1.82, 2.24) is 15.0 Å². The van der Waals surface area contributed by atoms with Crippen LogP contribution in [-0.2, 0) is 6.54 Å². The van der Waals surface area contributed by atoms with Gasteiger partial charge in [0.15, 0.2) is 11.5 Å². The summed E-state index contributed by atoms with van der Waals surface area (Å²) in [6.45, 7) is 0.609. The SMILES string of the molecule is COc1ccc(CNc2cccc(-c3c[nH]c4ncc(Cl)cc34)n2)cc1OC. The lowest BCUT2D eigenvalue weighted by Crippen LogP contribution is -2.02. The molecule has 0 aliphatic rings. The fourth-order valence-corrected chi connectivity index (χ4v) is 3.21. The van der Waals surface area contributed by atoms with Gasteiger partial charge >= 0.3 is 0 Å². The maximum absolute atomic E-state index is 6.10. The number of ether oxygens (including phenoxy) is 2. The molecule has 0 aliphatic heterocycles. The number of H-pyrrole nitrogens is 1. The summed E-state index contributed by atoms with van der Waals surface area (Å²) in [7, 11) is 3.25. The highest BCUT2D eigenvalue weighted by Crippen LogP contribution is 2.30. The number of anilines is 1. The number of hydrogen-bond acceptors (Lipinski definition) is 5. The Morgan fingerprint density at radius 1 is 1.07 bits per heavy atom. The molecule has 0 aliphatic carbocycles. The molecule has 4 rings (SSSR count). The van der Waals surface area contributed by atoms with E-state index in [4.69, 9.17) is 26.1 Å². The first kappa shape index (κ1) is 18.1. The number of nitrogens with zero attached hydrogens (tertiary/aromatic N) is 2. The van der Waals surface area contributed by atoms with Crippen LogP contribution in [0.5, 0.6) is 11.5 Å². The van der Waals surface area contributed by atoms with E-state index in [1.54, 1.807) is 20.4 Å². The number of aromatic nitrogens is 3. The second-order valence-corrected chi connectivity index (χ2v) is 6.64. The normalized spacial score (nSPS) is 10.8. The van der Waals surface area contributed by atoms with Crippen LogP contribution in [-0.4, -0.2) is 29.2 Å². The minimum atomic E-state index is 0.594. The van der Waals surface area contributed by atoms with E-state index in [2.05, 4.69) is 15.3 Å². The third kappa shape index (κ3) is 3.59. The van der Waals surface area contributed by atoms with Crippen LogP contribution >= 0.6 is 11.6 Å². The lowest BCUT2D eigenvalue weighted by Gasteiger charge is -2.11. The lowest BCUT2D eigenvalue weighted by molar-refractivity contribution is 0.354. The first-order valence-corrected chi connectivity index (χ1v) is 9.10. The van der Waals surface area contributed by atoms with Crippen molar-refractivity contribution in [2.45, 2.75) is 6.54 Å². The van der Waals surface area contributed by atoms with Crippen LogP contribution in [0.3, 0.4) is 0 Å². The number of pyridine rings is 2. The average Bonchev–Trinajstić information content (AvgIpc) is 3.15. The van der Waals surface area contributed by atoms with Crippen LogP contribution in [0, 0.1) is 0 Å². The lowest BCUT2D eigenvalue weighted by atomic mass is 10.1.